The monoisotopic (exact) mass is 234 g/mol. The van der Waals surface area contributed by atoms with E-state index in [0.717, 1.165) is 24.1 Å². The number of amides is 1. The maximum absolute atomic E-state index is 11.8. The molecule has 1 saturated carbocycles. The van der Waals surface area contributed by atoms with Crippen LogP contribution in [0.5, 0.6) is 0 Å². The Bertz CT molecular complexity index is 385. The normalized spacial score (nSPS) is 14.4. The van der Waals surface area contributed by atoms with Crippen molar-refractivity contribution in [2.45, 2.75) is 32.4 Å². The summed E-state index contributed by atoms with van der Waals surface area (Å²) in [5.41, 5.74) is 7.45. The SMILES string of the molecule is CCOC(=O)N(Cc1ccc(N)cc1)C1CC1. The summed E-state index contributed by atoms with van der Waals surface area (Å²) in [6.45, 7) is 2.85. The topological polar surface area (TPSA) is 55.6 Å². The van der Waals surface area contributed by atoms with Crippen LogP contribution in [0.15, 0.2) is 24.3 Å². The molecule has 0 bridgehead atoms. The maximum atomic E-state index is 11.8. The summed E-state index contributed by atoms with van der Waals surface area (Å²) in [7, 11) is 0. The standard InChI is InChI=1S/C13H18N2O2/c1-2-17-13(16)15(12-7-8-12)9-10-3-5-11(14)6-4-10/h3-6,12H,2,7-9,14H2,1H3. The number of anilines is 1. The van der Waals surface area contributed by atoms with Gasteiger partial charge in [-0.2, -0.15) is 0 Å². The molecule has 1 amide bonds. The lowest BCUT2D eigenvalue weighted by molar-refractivity contribution is 0.102. The van der Waals surface area contributed by atoms with Gasteiger partial charge in [0.2, 0.25) is 0 Å². The smallest absolute Gasteiger partial charge is 0.410 e. The van der Waals surface area contributed by atoms with E-state index in [2.05, 4.69) is 0 Å². The lowest BCUT2D eigenvalue weighted by atomic mass is 10.2. The van der Waals surface area contributed by atoms with Gasteiger partial charge < -0.3 is 15.4 Å². The van der Waals surface area contributed by atoms with Crippen LogP contribution in [0.1, 0.15) is 25.3 Å². The van der Waals surface area contributed by atoms with Gasteiger partial charge >= 0.3 is 6.09 Å². The molecule has 1 fully saturated rings. The Morgan fingerprint density at radius 2 is 2.06 bits per heavy atom. The average molecular weight is 234 g/mol. The Balaban J connectivity index is 2.02. The summed E-state index contributed by atoms with van der Waals surface area (Å²) in [6, 6.07) is 7.96. The lowest BCUT2D eigenvalue weighted by Crippen LogP contribution is -2.33. The molecule has 1 aliphatic carbocycles. The van der Waals surface area contributed by atoms with E-state index in [1.807, 2.05) is 31.2 Å². The molecule has 0 aliphatic heterocycles. The molecule has 0 atom stereocenters. The zero-order valence-corrected chi connectivity index (χ0v) is 10.1. The van der Waals surface area contributed by atoms with Gasteiger partial charge in [-0.3, -0.25) is 0 Å². The molecule has 0 saturated heterocycles. The van der Waals surface area contributed by atoms with Crippen molar-refractivity contribution in [3.05, 3.63) is 29.8 Å². The largest absolute Gasteiger partial charge is 0.450 e. The van der Waals surface area contributed by atoms with Gasteiger partial charge in [-0.15, -0.1) is 0 Å². The Labute approximate surface area is 101 Å². The van der Waals surface area contributed by atoms with E-state index in [1.54, 1.807) is 4.90 Å². The molecule has 4 nitrogen and oxygen atoms in total. The molecule has 1 aliphatic rings. The van der Waals surface area contributed by atoms with Crippen molar-refractivity contribution in [2.24, 2.45) is 0 Å². The molecule has 17 heavy (non-hydrogen) atoms. The number of nitrogen functional groups attached to an aromatic ring is 1. The molecule has 92 valence electrons. The molecule has 0 radical (unpaired) electrons. The molecular formula is C13H18N2O2. The minimum atomic E-state index is -0.216. The third-order valence-electron chi connectivity index (χ3n) is 2.82. The van der Waals surface area contributed by atoms with Gasteiger partial charge in [-0.25, -0.2) is 4.79 Å². The number of nitrogens with zero attached hydrogens (tertiary/aromatic N) is 1. The molecular weight excluding hydrogens is 216 g/mol. The number of nitrogens with two attached hydrogens (primary N) is 1. The Kier molecular flexibility index (Phi) is 3.52. The number of carbonyl (C=O) groups is 1. The van der Waals surface area contributed by atoms with Gasteiger partial charge in [0.25, 0.3) is 0 Å². The highest BCUT2D eigenvalue weighted by Gasteiger charge is 2.33. The van der Waals surface area contributed by atoms with Gasteiger partial charge in [0.05, 0.1) is 6.61 Å². The predicted octanol–water partition coefficient (Wildman–Crippen LogP) is 2.39. The molecule has 0 unspecified atom stereocenters. The highest BCUT2D eigenvalue weighted by atomic mass is 16.6. The van der Waals surface area contributed by atoms with Crippen molar-refractivity contribution in [1.82, 2.24) is 4.90 Å². The van der Waals surface area contributed by atoms with Crippen molar-refractivity contribution >= 4 is 11.8 Å². The van der Waals surface area contributed by atoms with Crippen LogP contribution in [-0.2, 0) is 11.3 Å². The first-order chi connectivity index (χ1) is 8.20. The van der Waals surface area contributed by atoms with Crippen LogP contribution in [0, 0.1) is 0 Å². The summed E-state index contributed by atoms with van der Waals surface area (Å²) in [5.74, 6) is 0. The fourth-order valence-electron chi connectivity index (χ4n) is 1.76. The van der Waals surface area contributed by atoms with Crippen molar-refractivity contribution < 1.29 is 9.53 Å². The molecule has 2 N–H and O–H groups in total. The lowest BCUT2D eigenvalue weighted by Gasteiger charge is -2.21. The van der Waals surface area contributed by atoms with Crippen LogP contribution < -0.4 is 5.73 Å². The molecule has 2 rings (SSSR count). The van der Waals surface area contributed by atoms with E-state index < -0.39 is 0 Å². The summed E-state index contributed by atoms with van der Waals surface area (Å²) in [5, 5.41) is 0. The maximum Gasteiger partial charge on any atom is 0.410 e. The third-order valence-corrected chi connectivity index (χ3v) is 2.82. The predicted molar refractivity (Wildman–Crippen MR) is 66.4 cm³/mol. The zero-order chi connectivity index (χ0) is 12.3. The van der Waals surface area contributed by atoms with Crippen LogP contribution in [0.25, 0.3) is 0 Å². The first kappa shape index (κ1) is 11.8. The van der Waals surface area contributed by atoms with Gasteiger partial charge in [0.15, 0.2) is 0 Å². The molecule has 0 heterocycles. The van der Waals surface area contributed by atoms with Crippen molar-refractivity contribution in [3.63, 3.8) is 0 Å². The van der Waals surface area contributed by atoms with E-state index in [9.17, 15) is 4.79 Å². The minimum absolute atomic E-state index is 0.216. The summed E-state index contributed by atoms with van der Waals surface area (Å²) in [4.78, 5) is 13.6. The Hall–Kier alpha value is -1.71. The molecule has 1 aromatic carbocycles. The number of ether oxygens (including phenoxy) is 1. The van der Waals surface area contributed by atoms with Gasteiger partial charge in [0.1, 0.15) is 0 Å². The molecule has 1 aromatic rings. The van der Waals surface area contributed by atoms with E-state index in [0.29, 0.717) is 19.2 Å². The van der Waals surface area contributed by atoms with Crippen molar-refractivity contribution in [1.29, 1.82) is 0 Å². The molecule has 4 heteroatoms. The van der Waals surface area contributed by atoms with Crippen molar-refractivity contribution in [3.8, 4) is 0 Å². The van der Waals surface area contributed by atoms with Crippen LogP contribution in [0.3, 0.4) is 0 Å². The van der Waals surface area contributed by atoms with E-state index in [4.69, 9.17) is 10.5 Å². The number of hydrogen-bond acceptors (Lipinski definition) is 3. The number of hydrogen-bond donors (Lipinski definition) is 1. The van der Waals surface area contributed by atoms with Crippen LogP contribution in [-0.4, -0.2) is 23.6 Å². The highest BCUT2D eigenvalue weighted by molar-refractivity contribution is 5.68. The van der Waals surface area contributed by atoms with Crippen molar-refractivity contribution in [2.75, 3.05) is 12.3 Å². The Morgan fingerprint density at radius 3 is 2.59 bits per heavy atom. The van der Waals surface area contributed by atoms with Crippen LogP contribution in [0.4, 0.5) is 10.5 Å². The second-order valence-electron chi connectivity index (χ2n) is 4.30. The van der Waals surface area contributed by atoms with Gasteiger partial charge in [-0.05, 0) is 37.5 Å². The summed E-state index contributed by atoms with van der Waals surface area (Å²) >= 11 is 0. The van der Waals surface area contributed by atoms with Crippen LogP contribution >= 0.6 is 0 Å². The average Bonchev–Trinajstić information content (AvgIpc) is 3.12. The van der Waals surface area contributed by atoms with Crippen LogP contribution in [0.2, 0.25) is 0 Å². The van der Waals surface area contributed by atoms with E-state index in [1.165, 1.54) is 0 Å². The number of rotatable bonds is 4. The summed E-state index contributed by atoms with van der Waals surface area (Å²) in [6.07, 6.45) is 1.94. The first-order valence-electron chi connectivity index (χ1n) is 5.98. The highest BCUT2D eigenvalue weighted by Crippen LogP contribution is 2.29. The summed E-state index contributed by atoms with van der Waals surface area (Å²) < 4.78 is 5.06. The van der Waals surface area contributed by atoms with Gasteiger partial charge in [-0.1, -0.05) is 12.1 Å². The minimum Gasteiger partial charge on any atom is -0.450 e. The quantitative estimate of drug-likeness (QED) is 0.814. The molecule has 0 spiro atoms. The van der Waals surface area contributed by atoms with E-state index in [-0.39, 0.29) is 6.09 Å². The zero-order valence-electron chi connectivity index (χ0n) is 10.1. The number of carbonyl (C=O) groups excluding carboxylic acids is 1. The number of benzene rings is 1. The third kappa shape index (κ3) is 3.12. The van der Waals surface area contributed by atoms with Gasteiger partial charge in [0, 0.05) is 18.3 Å². The fraction of sp³-hybridized carbons (Fsp3) is 0.462. The fourth-order valence-corrected chi connectivity index (χ4v) is 1.76. The molecule has 0 aromatic heterocycles. The first-order valence-corrected chi connectivity index (χ1v) is 5.98. The Morgan fingerprint density at radius 1 is 1.41 bits per heavy atom. The second-order valence-corrected chi connectivity index (χ2v) is 4.30. The van der Waals surface area contributed by atoms with E-state index >= 15 is 0 Å². The second kappa shape index (κ2) is 5.08.